The highest BCUT2D eigenvalue weighted by Gasteiger charge is 2.17. The van der Waals surface area contributed by atoms with E-state index >= 15 is 0 Å². The van der Waals surface area contributed by atoms with E-state index in [9.17, 15) is 0 Å². The van der Waals surface area contributed by atoms with Crippen LogP contribution in [0.15, 0.2) is 23.7 Å². The van der Waals surface area contributed by atoms with Crippen molar-refractivity contribution in [3.05, 3.63) is 28.6 Å². The van der Waals surface area contributed by atoms with Crippen LogP contribution in [0.4, 0.5) is 11.5 Å². The molecule has 2 rings (SSSR count). The molecule has 2 aromatic rings. The summed E-state index contributed by atoms with van der Waals surface area (Å²) in [6.07, 6.45) is 1.85. The molecule has 17 heavy (non-hydrogen) atoms. The summed E-state index contributed by atoms with van der Waals surface area (Å²) >= 11 is 1.76. The van der Waals surface area contributed by atoms with Gasteiger partial charge in [-0.05, 0) is 25.3 Å². The second-order valence-corrected chi connectivity index (χ2v) is 5.41. The van der Waals surface area contributed by atoms with Crippen molar-refractivity contribution in [3.8, 4) is 0 Å². The highest BCUT2D eigenvalue weighted by molar-refractivity contribution is 7.09. The van der Waals surface area contributed by atoms with E-state index in [4.69, 9.17) is 5.73 Å². The van der Waals surface area contributed by atoms with E-state index in [1.165, 1.54) is 4.88 Å². The Morgan fingerprint density at radius 3 is 2.76 bits per heavy atom. The molecule has 0 atom stereocenters. The lowest BCUT2D eigenvalue weighted by Crippen LogP contribution is -2.30. The lowest BCUT2D eigenvalue weighted by Gasteiger charge is -2.26. The number of nitrogens with two attached hydrogens (primary N) is 1. The Bertz CT molecular complexity index is 473. The SMILES string of the molecule is CC(C)N(Cc1cccs1)c1nn(C)cc1N. The number of hydrogen-bond donors (Lipinski definition) is 1. The number of nitrogens with zero attached hydrogens (tertiary/aromatic N) is 3. The summed E-state index contributed by atoms with van der Waals surface area (Å²) in [5.41, 5.74) is 6.72. The van der Waals surface area contributed by atoms with Gasteiger partial charge in [0.25, 0.3) is 0 Å². The second-order valence-electron chi connectivity index (χ2n) is 4.38. The van der Waals surface area contributed by atoms with Crippen LogP contribution in [-0.4, -0.2) is 15.8 Å². The van der Waals surface area contributed by atoms with Crippen LogP contribution in [0.5, 0.6) is 0 Å². The van der Waals surface area contributed by atoms with Gasteiger partial charge in [-0.1, -0.05) is 6.07 Å². The lowest BCUT2D eigenvalue weighted by molar-refractivity contribution is 0.661. The van der Waals surface area contributed by atoms with Crippen molar-refractivity contribution >= 4 is 22.8 Å². The first-order valence-electron chi connectivity index (χ1n) is 5.66. The lowest BCUT2D eigenvalue weighted by atomic mass is 10.3. The number of anilines is 2. The van der Waals surface area contributed by atoms with Gasteiger partial charge in [-0.15, -0.1) is 11.3 Å². The van der Waals surface area contributed by atoms with Gasteiger partial charge >= 0.3 is 0 Å². The van der Waals surface area contributed by atoms with Crippen LogP contribution in [0, 0.1) is 0 Å². The normalized spacial score (nSPS) is 11.1. The van der Waals surface area contributed by atoms with Gasteiger partial charge in [0, 0.05) is 24.2 Å². The van der Waals surface area contributed by atoms with Gasteiger partial charge < -0.3 is 10.6 Å². The van der Waals surface area contributed by atoms with Crippen LogP contribution >= 0.6 is 11.3 Å². The molecule has 0 amide bonds. The van der Waals surface area contributed by atoms with Crippen molar-refractivity contribution < 1.29 is 0 Å². The van der Waals surface area contributed by atoms with Crippen LogP contribution in [0.3, 0.4) is 0 Å². The summed E-state index contributed by atoms with van der Waals surface area (Å²) in [6.45, 7) is 5.17. The molecule has 0 aromatic carbocycles. The molecule has 0 aliphatic rings. The molecule has 0 spiro atoms. The summed E-state index contributed by atoms with van der Waals surface area (Å²) in [6, 6.07) is 4.58. The summed E-state index contributed by atoms with van der Waals surface area (Å²) in [5, 5.41) is 6.53. The van der Waals surface area contributed by atoms with Gasteiger partial charge in [-0.25, -0.2) is 0 Å². The Labute approximate surface area is 106 Å². The molecule has 4 nitrogen and oxygen atoms in total. The van der Waals surface area contributed by atoms with Gasteiger partial charge in [0.05, 0.1) is 12.2 Å². The van der Waals surface area contributed by atoms with Crippen LogP contribution in [0.25, 0.3) is 0 Å². The molecular formula is C12H18N4S. The Morgan fingerprint density at radius 2 is 2.29 bits per heavy atom. The van der Waals surface area contributed by atoms with Gasteiger partial charge in [0.15, 0.2) is 5.82 Å². The molecule has 0 fully saturated rings. The highest BCUT2D eigenvalue weighted by atomic mass is 32.1. The predicted molar refractivity (Wildman–Crippen MR) is 73.3 cm³/mol. The zero-order valence-corrected chi connectivity index (χ0v) is 11.2. The molecule has 2 heterocycles. The largest absolute Gasteiger partial charge is 0.394 e. The summed E-state index contributed by atoms with van der Waals surface area (Å²) in [7, 11) is 1.89. The zero-order chi connectivity index (χ0) is 12.4. The topological polar surface area (TPSA) is 47.1 Å². The number of hydrogen-bond acceptors (Lipinski definition) is 4. The number of thiophene rings is 1. The van der Waals surface area contributed by atoms with Crippen LogP contribution in [0.1, 0.15) is 18.7 Å². The Balaban J connectivity index is 2.26. The molecule has 0 aliphatic carbocycles. The maximum absolute atomic E-state index is 5.99. The third-order valence-electron chi connectivity index (χ3n) is 2.64. The fourth-order valence-corrected chi connectivity index (χ4v) is 2.49. The van der Waals surface area contributed by atoms with E-state index in [1.807, 2.05) is 13.2 Å². The van der Waals surface area contributed by atoms with Crippen molar-refractivity contribution in [2.75, 3.05) is 10.6 Å². The molecule has 0 unspecified atom stereocenters. The average molecular weight is 250 g/mol. The van der Waals surface area contributed by atoms with Crippen LogP contribution in [0.2, 0.25) is 0 Å². The van der Waals surface area contributed by atoms with Crippen molar-refractivity contribution in [1.29, 1.82) is 0 Å². The standard InChI is InChI=1S/C12H18N4S/c1-9(2)16(7-10-5-4-6-17-10)12-11(13)8-15(3)14-12/h4-6,8-9H,7,13H2,1-3H3. The molecule has 0 aliphatic heterocycles. The average Bonchev–Trinajstić information content (AvgIpc) is 2.84. The fourth-order valence-electron chi connectivity index (χ4n) is 1.79. The Morgan fingerprint density at radius 1 is 1.53 bits per heavy atom. The Hall–Kier alpha value is -1.49. The predicted octanol–water partition coefficient (Wildman–Crippen LogP) is 2.48. The van der Waals surface area contributed by atoms with E-state index in [0.717, 1.165) is 18.1 Å². The zero-order valence-electron chi connectivity index (χ0n) is 10.4. The van der Waals surface area contributed by atoms with Crippen molar-refractivity contribution in [3.63, 3.8) is 0 Å². The smallest absolute Gasteiger partial charge is 0.174 e. The monoisotopic (exact) mass is 250 g/mol. The third kappa shape index (κ3) is 2.61. The second kappa shape index (κ2) is 4.79. The minimum Gasteiger partial charge on any atom is -0.394 e. The van der Waals surface area contributed by atoms with E-state index in [1.54, 1.807) is 16.0 Å². The van der Waals surface area contributed by atoms with Crippen LogP contribution in [-0.2, 0) is 13.6 Å². The number of nitrogen functional groups attached to an aromatic ring is 1. The van der Waals surface area contributed by atoms with Crippen molar-refractivity contribution in [1.82, 2.24) is 9.78 Å². The quantitative estimate of drug-likeness (QED) is 0.907. The fraction of sp³-hybridized carbons (Fsp3) is 0.417. The number of aromatic nitrogens is 2. The van der Waals surface area contributed by atoms with E-state index < -0.39 is 0 Å². The van der Waals surface area contributed by atoms with Gasteiger partial charge in [0.1, 0.15) is 0 Å². The molecule has 2 N–H and O–H groups in total. The molecule has 2 aromatic heterocycles. The maximum Gasteiger partial charge on any atom is 0.174 e. The summed E-state index contributed by atoms with van der Waals surface area (Å²) in [5.74, 6) is 0.871. The maximum atomic E-state index is 5.99. The molecular weight excluding hydrogens is 232 g/mol. The van der Waals surface area contributed by atoms with Crippen molar-refractivity contribution in [2.24, 2.45) is 7.05 Å². The minimum absolute atomic E-state index is 0.370. The van der Waals surface area contributed by atoms with E-state index in [0.29, 0.717) is 6.04 Å². The Kier molecular flexibility index (Phi) is 3.38. The highest BCUT2D eigenvalue weighted by Crippen LogP contribution is 2.25. The van der Waals surface area contributed by atoms with Gasteiger partial charge in [0.2, 0.25) is 0 Å². The minimum atomic E-state index is 0.370. The first kappa shape index (κ1) is 12.0. The summed E-state index contributed by atoms with van der Waals surface area (Å²) < 4.78 is 1.76. The molecule has 0 bridgehead atoms. The molecule has 92 valence electrons. The molecule has 0 saturated heterocycles. The first-order valence-corrected chi connectivity index (χ1v) is 6.54. The number of aryl methyl sites for hydroxylation is 1. The first-order chi connectivity index (χ1) is 8.08. The molecule has 5 heteroatoms. The van der Waals surface area contributed by atoms with Gasteiger partial charge in [-0.2, -0.15) is 5.10 Å². The van der Waals surface area contributed by atoms with E-state index in [2.05, 4.69) is 41.4 Å². The molecule has 0 saturated carbocycles. The third-order valence-corrected chi connectivity index (χ3v) is 3.50. The van der Waals surface area contributed by atoms with E-state index in [-0.39, 0.29) is 0 Å². The summed E-state index contributed by atoms with van der Waals surface area (Å²) in [4.78, 5) is 3.55. The van der Waals surface area contributed by atoms with Crippen LogP contribution < -0.4 is 10.6 Å². The molecule has 0 radical (unpaired) electrons. The number of rotatable bonds is 4. The van der Waals surface area contributed by atoms with Gasteiger partial charge in [-0.3, -0.25) is 4.68 Å². The van der Waals surface area contributed by atoms with Crippen molar-refractivity contribution in [2.45, 2.75) is 26.4 Å².